The van der Waals surface area contributed by atoms with E-state index < -0.39 is 0 Å². The zero-order valence-corrected chi connectivity index (χ0v) is 13.4. The van der Waals surface area contributed by atoms with Crippen LogP contribution in [-0.4, -0.2) is 35.6 Å². The molecule has 0 spiro atoms. The molecule has 0 saturated carbocycles. The first kappa shape index (κ1) is 16.0. The van der Waals surface area contributed by atoms with Gasteiger partial charge >= 0.3 is 0 Å². The summed E-state index contributed by atoms with van der Waals surface area (Å²) < 4.78 is 0. The van der Waals surface area contributed by atoms with E-state index in [0.29, 0.717) is 0 Å². The van der Waals surface area contributed by atoms with Crippen LogP contribution in [0.15, 0.2) is 0 Å². The lowest BCUT2D eigenvalue weighted by atomic mass is 9.91. The molecule has 2 heteroatoms. The minimum absolute atomic E-state index is 0.234. The molecule has 1 N–H and O–H groups in total. The molecule has 108 valence electrons. The maximum Gasteiger partial charge on any atom is 0.0223 e. The molecule has 0 aromatic carbocycles. The van der Waals surface area contributed by atoms with Crippen LogP contribution in [0.3, 0.4) is 0 Å². The van der Waals surface area contributed by atoms with Gasteiger partial charge in [-0.3, -0.25) is 4.90 Å². The van der Waals surface area contributed by atoms with Crippen molar-refractivity contribution in [1.82, 2.24) is 10.2 Å². The molecule has 0 aliphatic carbocycles. The fourth-order valence-corrected chi connectivity index (χ4v) is 3.11. The van der Waals surface area contributed by atoms with E-state index in [1.54, 1.807) is 0 Å². The third kappa shape index (κ3) is 5.27. The molecule has 1 saturated heterocycles. The van der Waals surface area contributed by atoms with Crippen molar-refractivity contribution >= 4 is 0 Å². The van der Waals surface area contributed by atoms with Crippen LogP contribution in [0, 0.1) is 5.92 Å². The van der Waals surface area contributed by atoms with Crippen LogP contribution in [0.25, 0.3) is 0 Å². The van der Waals surface area contributed by atoms with Crippen molar-refractivity contribution in [2.75, 3.05) is 13.1 Å². The summed E-state index contributed by atoms with van der Waals surface area (Å²) >= 11 is 0. The smallest absolute Gasteiger partial charge is 0.0223 e. The van der Waals surface area contributed by atoms with E-state index in [4.69, 9.17) is 0 Å². The van der Waals surface area contributed by atoms with E-state index in [2.05, 4.69) is 51.8 Å². The lowest BCUT2D eigenvalue weighted by molar-refractivity contribution is 0.0729. The molecule has 0 aromatic heterocycles. The molecule has 1 fully saturated rings. The molecular weight excluding hydrogens is 220 g/mol. The molecule has 1 aliphatic heterocycles. The van der Waals surface area contributed by atoms with Crippen LogP contribution in [0.4, 0.5) is 0 Å². The van der Waals surface area contributed by atoms with Gasteiger partial charge in [0, 0.05) is 24.2 Å². The second-order valence-corrected chi connectivity index (χ2v) is 7.29. The fraction of sp³-hybridized carbons (Fsp3) is 1.00. The van der Waals surface area contributed by atoms with Gasteiger partial charge in [0.05, 0.1) is 0 Å². The van der Waals surface area contributed by atoms with E-state index in [1.165, 1.54) is 32.2 Å². The van der Waals surface area contributed by atoms with E-state index in [1.807, 2.05) is 0 Å². The summed E-state index contributed by atoms with van der Waals surface area (Å²) in [6.45, 7) is 16.3. The van der Waals surface area contributed by atoms with Crippen molar-refractivity contribution in [2.24, 2.45) is 5.92 Å². The molecule has 1 rings (SSSR count). The minimum atomic E-state index is 0.234. The Balaban J connectivity index is 2.55. The highest BCUT2D eigenvalue weighted by Gasteiger charge is 2.28. The zero-order chi connectivity index (χ0) is 13.8. The van der Waals surface area contributed by atoms with E-state index in [9.17, 15) is 0 Å². The van der Waals surface area contributed by atoms with Crippen LogP contribution in [0.1, 0.15) is 67.2 Å². The van der Waals surface area contributed by atoms with Gasteiger partial charge in [-0.1, -0.05) is 20.3 Å². The first-order valence-corrected chi connectivity index (χ1v) is 7.84. The predicted molar refractivity (Wildman–Crippen MR) is 81.0 cm³/mol. The van der Waals surface area contributed by atoms with Crippen molar-refractivity contribution in [3.8, 4) is 0 Å². The topological polar surface area (TPSA) is 15.3 Å². The maximum absolute atomic E-state index is 3.69. The molecule has 2 nitrogen and oxygen atoms in total. The van der Waals surface area contributed by atoms with Crippen molar-refractivity contribution in [1.29, 1.82) is 0 Å². The average Bonchev–Trinajstić information content (AvgIpc) is 2.24. The number of rotatable bonds is 5. The Hall–Kier alpha value is -0.0800. The molecule has 1 aliphatic rings. The molecule has 0 aromatic rings. The summed E-state index contributed by atoms with van der Waals surface area (Å²) in [6, 6.07) is 1.48. The summed E-state index contributed by atoms with van der Waals surface area (Å²) in [7, 11) is 0. The Morgan fingerprint density at radius 3 is 2.44 bits per heavy atom. The van der Waals surface area contributed by atoms with Crippen LogP contribution < -0.4 is 5.32 Å². The number of hydrogen-bond acceptors (Lipinski definition) is 2. The van der Waals surface area contributed by atoms with Crippen LogP contribution in [0.2, 0.25) is 0 Å². The second-order valence-electron chi connectivity index (χ2n) is 7.29. The van der Waals surface area contributed by atoms with Gasteiger partial charge in [-0.25, -0.2) is 0 Å². The van der Waals surface area contributed by atoms with Gasteiger partial charge in [0.15, 0.2) is 0 Å². The average molecular weight is 254 g/mol. The van der Waals surface area contributed by atoms with Crippen molar-refractivity contribution in [3.05, 3.63) is 0 Å². The SMILES string of the molecule is CCCC(CNC(C)(C)C)N1CCC(C)CC1C. The summed E-state index contributed by atoms with van der Waals surface area (Å²) in [5.74, 6) is 0.911. The van der Waals surface area contributed by atoms with Crippen LogP contribution in [0.5, 0.6) is 0 Å². The molecule has 0 bridgehead atoms. The number of piperidine rings is 1. The quantitative estimate of drug-likeness (QED) is 0.805. The zero-order valence-electron chi connectivity index (χ0n) is 13.4. The molecule has 3 unspecified atom stereocenters. The van der Waals surface area contributed by atoms with Gasteiger partial charge < -0.3 is 5.32 Å². The Labute approximate surface area is 115 Å². The van der Waals surface area contributed by atoms with Crippen molar-refractivity contribution < 1.29 is 0 Å². The maximum atomic E-state index is 3.69. The molecular formula is C16H34N2. The molecule has 3 atom stereocenters. The number of hydrogen-bond donors (Lipinski definition) is 1. The van der Waals surface area contributed by atoms with Crippen molar-refractivity contribution in [2.45, 2.75) is 84.8 Å². The van der Waals surface area contributed by atoms with Crippen LogP contribution in [-0.2, 0) is 0 Å². The van der Waals surface area contributed by atoms with Crippen molar-refractivity contribution in [3.63, 3.8) is 0 Å². The number of nitrogens with one attached hydrogen (secondary N) is 1. The monoisotopic (exact) mass is 254 g/mol. The first-order chi connectivity index (χ1) is 8.33. The van der Waals surface area contributed by atoms with E-state index >= 15 is 0 Å². The van der Waals surface area contributed by atoms with Gasteiger partial charge in [-0.05, 0) is 59.4 Å². The fourth-order valence-electron chi connectivity index (χ4n) is 3.11. The Bertz CT molecular complexity index is 232. The predicted octanol–water partition coefficient (Wildman–Crippen LogP) is 3.66. The van der Waals surface area contributed by atoms with Gasteiger partial charge in [0.2, 0.25) is 0 Å². The Morgan fingerprint density at radius 1 is 1.28 bits per heavy atom. The minimum Gasteiger partial charge on any atom is -0.311 e. The summed E-state index contributed by atoms with van der Waals surface area (Å²) in [5.41, 5.74) is 0.234. The third-order valence-electron chi connectivity index (χ3n) is 4.15. The number of likely N-dealkylation sites (tertiary alicyclic amines) is 1. The summed E-state index contributed by atoms with van der Waals surface area (Å²) in [5, 5.41) is 3.69. The van der Waals surface area contributed by atoms with Gasteiger partial charge in [0.25, 0.3) is 0 Å². The Kier molecular flexibility index (Phi) is 6.13. The first-order valence-electron chi connectivity index (χ1n) is 7.84. The van der Waals surface area contributed by atoms with Gasteiger partial charge in [-0.15, -0.1) is 0 Å². The van der Waals surface area contributed by atoms with Gasteiger partial charge in [0.1, 0.15) is 0 Å². The highest BCUT2D eigenvalue weighted by molar-refractivity contribution is 4.85. The van der Waals surface area contributed by atoms with Gasteiger partial charge in [-0.2, -0.15) is 0 Å². The highest BCUT2D eigenvalue weighted by atomic mass is 15.2. The lowest BCUT2D eigenvalue weighted by Gasteiger charge is -2.42. The van der Waals surface area contributed by atoms with E-state index in [0.717, 1.165) is 24.5 Å². The second kappa shape index (κ2) is 6.91. The molecule has 0 amide bonds. The summed E-state index contributed by atoms with van der Waals surface area (Å²) in [6.07, 6.45) is 5.35. The molecule has 0 radical (unpaired) electrons. The highest BCUT2D eigenvalue weighted by Crippen LogP contribution is 2.25. The lowest BCUT2D eigenvalue weighted by Crippen LogP contribution is -2.52. The normalized spacial score (nSPS) is 28.3. The summed E-state index contributed by atoms with van der Waals surface area (Å²) in [4.78, 5) is 2.75. The standard InChI is InChI=1S/C16H34N2/c1-7-8-15(12-17-16(4,5)6)18-10-9-13(2)11-14(18)3/h13-15,17H,7-12H2,1-6H3. The van der Waals surface area contributed by atoms with Crippen LogP contribution >= 0.6 is 0 Å². The molecule has 1 heterocycles. The third-order valence-corrected chi connectivity index (χ3v) is 4.15. The Morgan fingerprint density at radius 2 is 1.94 bits per heavy atom. The molecule has 18 heavy (non-hydrogen) atoms. The number of nitrogens with zero attached hydrogens (tertiary/aromatic N) is 1. The largest absolute Gasteiger partial charge is 0.311 e. The van der Waals surface area contributed by atoms with E-state index in [-0.39, 0.29) is 5.54 Å².